The van der Waals surface area contributed by atoms with Crippen LogP contribution in [-0.2, 0) is 4.74 Å². The Morgan fingerprint density at radius 2 is 2.24 bits per heavy atom. The highest BCUT2D eigenvalue weighted by molar-refractivity contribution is 5.23. The second kappa shape index (κ2) is 8.03. The lowest BCUT2D eigenvalue weighted by Crippen LogP contribution is -2.17. The van der Waals surface area contributed by atoms with Gasteiger partial charge in [0.15, 0.2) is 0 Å². The lowest BCUT2D eigenvalue weighted by Gasteiger charge is -2.13. The Hall–Kier alpha value is -1.13. The SMILES string of the molecule is CCNC(C)c1ccnc(OCCCOC)c1. The smallest absolute Gasteiger partial charge is 0.213 e. The van der Waals surface area contributed by atoms with E-state index in [0.717, 1.165) is 13.0 Å². The molecule has 0 aromatic carbocycles. The van der Waals surface area contributed by atoms with Crippen LogP contribution in [-0.4, -0.2) is 31.9 Å². The highest BCUT2D eigenvalue weighted by atomic mass is 16.5. The maximum Gasteiger partial charge on any atom is 0.213 e. The summed E-state index contributed by atoms with van der Waals surface area (Å²) in [6.07, 6.45) is 2.67. The van der Waals surface area contributed by atoms with E-state index in [2.05, 4.69) is 24.1 Å². The Morgan fingerprint density at radius 1 is 1.41 bits per heavy atom. The minimum absolute atomic E-state index is 0.323. The molecule has 96 valence electrons. The summed E-state index contributed by atoms with van der Waals surface area (Å²) in [4.78, 5) is 4.19. The van der Waals surface area contributed by atoms with Crippen molar-refractivity contribution >= 4 is 0 Å². The third kappa shape index (κ3) is 5.15. The average molecular weight is 238 g/mol. The van der Waals surface area contributed by atoms with Gasteiger partial charge < -0.3 is 14.8 Å². The van der Waals surface area contributed by atoms with Crippen LogP contribution in [0.2, 0.25) is 0 Å². The first-order valence-corrected chi connectivity index (χ1v) is 6.09. The van der Waals surface area contributed by atoms with Gasteiger partial charge in [0.05, 0.1) is 6.61 Å². The summed E-state index contributed by atoms with van der Waals surface area (Å²) < 4.78 is 10.5. The second-order valence-corrected chi connectivity index (χ2v) is 3.90. The van der Waals surface area contributed by atoms with Gasteiger partial charge in [0.2, 0.25) is 5.88 Å². The molecule has 1 aromatic heterocycles. The van der Waals surface area contributed by atoms with Crippen LogP contribution in [0.5, 0.6) is 5.88 Å². The molecule has 1 heterocycles. The molecule has 0 aliphatic carbocycles. The topological polar surface area (TPSA) is 43.4 Å². The van der Waals surface area contributed by atoms with Gasteiger partial charge in [-0.1, -0.05) is 6.92 Å². The Bertz CT molecular complexity index is 318. The molecule has 0 spiro atoms. The Labute approximate surface area is 103 Å². The normalized spacial score (nSPS) is 12.4. The van der Waals surface area contributed by atoms with Crippen molar-refractivity contribution in [2.45, 2.75) is 26.3 Å². The molecule has 1 N–H and O–H groups in total. The van der Waals surface area contributed by atoms with Gasteiger partial charge in [-0.2, -0.15) is 0 Å². The molecule has 17 heavy (non-hydrogen) atoms. The first kappa shape index (κ1) is 13.9. The first-order chi connectivity index (χ1) is 8.27. The third-order valence-corrected chi connectivity index (χ3v) is 2.51. The number of hydrogen-bond donors (Lipinski definition) is 1. The maximum absolute atomic E-state index is 5.56. The number of rotatable bonds is 8. The molecule has 0 bridgehead atoms. The van der Waals surface area contributed by atoms with Crippen LogP contribution < -0.4 is 10.1 Å². The van der Waals surface area contributed by atoms with E-state index >= 15 is 0 Å². The number of nitrogens with one attached hydrogen (secondary N) is 1. The number of aromatic nitrogens is 1. The van der Waals surface area contributed by atoms with Crippen LogP contribution in [0.4, 0.5) is 0 Å². The quantitative estimate of drug-likeness (QED) is 0.705. The van der Waals surface area contributed by atoms with Gasteiger partial charge >= 0.3 is 0 Å². The van der Waals surface area contributed by atoms with Crippen molar-refractivity contribution < 1.29 is 9.47 Å². The molecule has 1 unspecified atom stereocenters. The van der Waals surface area contributed by atoms with Gasteiger partial charge in [-0.3, -0.25) is 0 Å². The highest BCUT2D eigenvalue weighted by Crippen LogP contribution is 2.16. The Kier molecular flexibility index (Phi) is 6.58. The average Bonchev–Trinajstić information content (AvgIpc) is 2.35. The van der Waals surface area contributed by atoms with E-state index in [-0.39, 0.29) is 0 Å². The van der Waals surface area contributed by atoms with Gasteiger partial charge in [0.25, 0.3) is 0 Å². The minimum Gasteiger partial charge on any atom is -0.478 e. The molecule has 1 atom stereocenters. The molecular formula is C13H22N2O2. The lowest BCUT2D eigenvalue weighted by molar-refractivity contribution is 0.170. The Balaban J connectivity index is 2.47. The lowest BCUT2D eigenvalue weighted by atomic mass is 10.1. The van der Waals surface area contributed by atoms with Gasteiger partial charge in [0, 0.05) is 38.4 Å². The van der Waals surface area contributed by atoms with Crippen molar-refractivity contribution in [1.29, 1.82) is 0 Å². The summed E-state index contributed by atoms with van der Waals surface area (Å²) in [6.45, 7) is 6.54. The molecule has 4 nitrogen and oxygen atoms in total. The van der Waals surface area contributed by atoms with Crippen molar-refractivity contribution in [1.82, 2.24) is 10.3 Å². The van der Waals surface area contributed by atoms with Crippen molar-refractivity contribution in [2.75, 3.05) is 26.9 Å². The van der Waals surface area contributed by atoms with E-state index in [1.807, 2.05) is 12.1 Å². The largest absolute Gasteiger partial charge is 0.478 e. The number of methoxy groups -OCH3 is 1. The van der Waals surface area contributed by atoms with Crippen molar-refractivity contribution in [3.05, 3.63) is 23.9 Å². The van der Waals surface area contributed by atoms with Crippen molar-refractivity contribution in [3.8, 4) is 5.88 Å². The molecule has 4 heteroatoms. The van der Waals surface area contributed by atoms with Gasteiger partial charge in [0.1, 0.15) is 0 Å². The van der Waals surface area contributed by atoms with E-state index in [1.54, 1.807) is 13.3 Å². The zero-order valence-electron chi connectivity index (χ0n) is 10.9. The summed E-state index contributed by atoms with van der Waals surface area (Å²) in [5.74, 6) is 0.684. The molecular weight excluding hydrogens is 216 g/mol. The summed E-state index contributed by atoms with van der Waals surface area (Å²) in [7, 11) is 1.69. The molecule has 0 fully saturated rings. The summed E-state index contributed by atoms with van der Waals surface area (Å²) in [6, 6.07) is 4.32. The first-order valence-electron chi connectivity index (χ1n) is 6.09. The monoisotopic (exact) mass is 238 g/mol. The predicted molar refractivity (Wildman–Crippen MR) is 68.3 cm³/mol. The van der Waals surface area contributed by atoms with Crippen molar-refractivity contribution in [3.63, 3.8) is 0 Å². The van der Waals surface area contributed by atoms with E-state index in [4.69, 9.17) is 9.47 Å². The van der Waals surface area contributed by atoms with E-state index in [9.17, 15) is 0 Å². The fraction of sp³-hybridized carbons (Fsp3) is 0.615. The maximum atomic E-state index is 5.56. The summed E-state index contributed by atoms with van der Waals surface area (Å²) >= 11 is 0. The zero-order valence-corrected chi connectivity index (χ0v) is 10.9. The predicted octanol–water partition coefficient (Wildman–Crippen LogP) is 2.17. The van der Waals surface area contributed by atoms with Crippen LogP contribution in [0.1, 0.15) is 31.9 Å². The van der Waals surface area contributed by atoms with E-state index in [0.29, 0.717) is 25.1 Å². The van der Waals surface area contributed by atoms with Crippen LogP contribution in [0.3, 0.4) is 0 Å². The van der Waals surface area contributed by atoms with Gasteiger partial charge in [-0.25, -0.2) is 4.98 Å². The molecule has 0 radical (unpaired) electrons. The van der Waals surface area contributed by atoms with Crippen LogP contribution in [0, 0.1) is 0 Å². The van der Waals surface area contributed by atoms with E-state index < -0.39 is 0 Å². The number of pyridine rings is 1. The molecule has 0 amide bonds. The minimum atomic E-state index is 0.323. The second-order valence-electron chi connectivity index (χ2n) is 3.90. The van der Waals surface area contributed by atoms with Crippen LogP contribution in [0.25, 0.3) is 0 Å². The fourth-order valence-electron chi connectivity index (χ4n) is 1.58. The van der Waals surface area contributed by atoms with E-state index in [1.165, 1.54) is 5.56 Å². The number of hydrogen-bond acceptors (Lipinski definition) is 4. The summed E-state index contributed by atoms with van der Waals surface area (Å²) in [5.41, 5.74) is 1.20. The van der Waals surface area contributed by atoms with Gasteiger partial charge in [-0.15, -0.1) is 0 Å². The third-order valence-electron chi connectivity index (χ3n) is 2.51. The molecule has 1 aromatic rings. The van der Waals surface area contributed by atoms with Crippen LogP contribution in [0.15, 0.2) is 18.3 Å². The Morgan fingerprint density at radius 3 is 2.94 bits per heavy atom. The molecule has 0 aliphatic rings. The molecule has 0 aliphatic heterocycles. The standard InChI is InChI=1S/C13H22N2O2/c1-4-14-11(2)12-6-7-15-13(10-12)17-9-5-8-16-3/h6-7,10-11,14H,4-5,8-9H2,1-3H3. The van der Waals surface area contributed by atoms with Crippen LogP contribution >= 0.6 is 0 Å². The fourth-order valence-corrected chi connectivity index (χ4v) is 1.58. The summed E-state index contributed by atoms with van der Waals surface area (Å²) in [5, 5.41) is 3.36. The molecule has 1 rings (SSSR count). The number of nitrogens with zero attached hydrogens (tertiary/aromatic N) is 1. The zero-order chi connectivity index (χ0) is 12.5. The van der Waals surface area contributed by atoms with Crippen molar-refractivity contribution in [2.24, 2.45) is 0 Å². The number of ether oxygens (including phenoxy) is 2. The molecule has 0 saturated heterocycles. The highest BCUT2D eigenvalue weighted by Gasteiger charge is 2.05. The molecule has 0 saturated carbocycles. The van der Waals surface area contributed by atoms with Gasteiger partial charge in [-0.05, 0) is 25.1 Å².